The highest BCUT2D eigenvalue weighted by atomic mass is 32.2. The molecule has 3 aromatic heterocycles. The average Bonchev–Trinajstić information content (AvgIpc) is 3.42. The number of rotatable bonds is 5. The Kier molecular flexibility index (Phi) is 5.04. The predicted octanol–water partition coefficient (Wildman–Crippen LogP) is 3.06. The highest BCUT2D eigenvalue weighted by Crippen LogP contribution is 2.30. The van der Waals surface area contributed by atoms with Crippen LogP contribution in [-0.4, -0.2) is 41.2 Å². The van der Waals surface area contributed by atoms with Crippen molar-refractivity contribution in [2.45, 2.75) is 23.1 Å². The van der Waals surface area contributed by atoms with E-state index >= 15 is 0 Å². The van der Waals surface area contributed by atoms with Gasteiger partial charge in [0.15, 0.2) is 5.13 Å². The molecule has 27 heavy (non-hydrogen) atoms. The summed E-state index contributed by atoms with van der Waals surface area (Å²) in [6.07, 6.45) is 4.53. The number of pyridine rings is 1. The van der Waals surface area contributed by atoms with E-state index in [4.69, 9.17) is 0 Å². The maximum Gasteiger partial charge on any atom is 0.253 e. The number of hydrogen-bond donors (Lipinski definition) is 1. The lowest BCUT2D eigenvalue weighted by molar-refractivity contribution is -0.119. The van der Waals surface area contributed by atoms with Crippen LogP contribution in [0.1, 0.15) is 12.8 Å². The number of nitrogens with one attached hydrogen (secondary N) is 1. The number of nitrogens with zero attached hydrogens (tertiary/aromatic N) is 3. The van der Waals surface area contributed by atoms with Gasteiger partial charge in [-0.05, 0) is 36.4 Å². The van der Waals surface area contributed by atoms with Gasteiger partial charge in [0, 0.05) is 29.9 Å². The minimum atomic E-state index is -3.65. The first-order chi connectivity index (χ1) is 13.1. The second kappa shape index (κ2) is 7.47. The van der Waals surface area contributed by atoms with E-state index in [-0.39, 0.29) is 10.1 Å². The van der Waals surface area contributed by atoms with Crippen LogP contribution in [0.4, 0.5) is 5.13 Å². The molecule has 0 bridgehead atoms. The van der Waals surface area contributed by atoms with Crippen molar-refractivity contribution >= 4 is 43.7 Å². The fraction of sp³-hybridized carbons (Fsp3) is 0.235. The average molecular weight is 421 g/mol. The van der Waals surface area contributed by atoms with Crippen molar-refractivity contribution in [3.05, 3.63) is 47.4 Å². The molecule has 1 aliphatic rings. The Balaban J connectivity index is 1.50. The van der Waals surface area contributed by atoms with E-state index in [1.165, 1.54) is 15.6 Å². The van der Waals surface area contributed by atoms with Crippen molar-refractivity contribution in [3.8, 4) is 11.3 Å². The van der Waals surface area contributed by atoms with Gasteiger partial charge < -0.3 is 5.32 Å². The maximum atomic E-state index is 12.8. The first-order valence-electron chi connectivity index (χ1n) is 8.28. The van der Waals surface area contributed by atoms with Crippen LogP contribution in [-0.2, 0) is 14.8 Å². The zero-order valence-corrected chi connectivity index (χ0v) is 16.6. The lowest BCUT2D eigenvalue weighted by Crippen LogP contribution is -2.42. The number of sulfonamides is 1. The van der Waals surface area contributed by atoms with Crippen LogP contribution in [0.5, 0.6) is 0 Å². The van der Waals surface area contributed by atoms with Gasteiger partial charge >= 0.3 is 0 Å². The molecule has 4 heterocycles. The minimum absolute atomic E-state index is 0.260. The second-order valence-corrected chi connectivity index (χ2v) is 9.90. The predicted molar refractivity (Wildman–Crippen MR) is 105 cm³/mol. The van der Waals surface area contributed by atoms with Crippen LogP contribution in [0.25, 0.3) is 11.3 Å². The van der Waals surface area contributed by atoms with Gasteiger partial charge in [-0.3, -0.25) is 9.78 Å². The summed E-state index contributed by atoms with van der Waals surface area (Å²) in [5, 5.41) is 6.76. The Hall–Kier alpha value is -2.14. The molecule has 0 aliphatic carbocycles. The Morgan fingerprint density at radius 2 is 2.15 bits per heavy atom. The number of thiazole rings is 1. The quantitative estimate of drug-likeness (QED) is 0.685. The normalized spacial score (nSPS) is 17.9. The van der Waals surface area contributed by atoms with Gasteiger partial charge in [-0.1, -0.05) is 6.07 Å². The third kappa shape index (κ3) is 3.65. The largest absolute Gasteiger partial charge is 0.301 e. The van der Waals surface area contributed by atoms with Crippen molar-refractivity contribution in [1.29, 1.82) is 0 Å². The molecule has 7 nitrogen and oxygen atoms in total. The molecule has 10 heteroatoms. The van der Waals surface area contributed by atoms with Crippen LogP contribution >= 0.6 is 22.7 Å². The lowest BCUT2D eigenvalue weighted by Gasteiger charge is -2.22. The van der Waals surface area contributed by atoms with E-state index in [1.54, 1.807) is 29.9 Å². The van der Waals surface area contributed by atoms with Crippen molar-refractivity contribution in [2.75, 3.05) is 11.9 Å². The summed E-state index contributed by atoms with van der Waals surface area (Å²) in [4.78, 5) is 21.2. The van der Waals surface area contributed by atoms with Crippen LogP contribution in [0.15, 0.2) is 51.6 Å². The van der Waals surface area contributed by atoms with E-state index in [9.17, 15) is 13.2 Å². The minimum Gasteiger partial charge on any atom is -0.301 e. The van der Waals surface area contributed by atoms with Crippen LogP contribution in [0.2, 0.25) is 0 Å². The van der Waals surface area contributed by atoms with Crippen molar-refractivity contribution in [3.63, 3.8) is 0 Å². The fourth-order valence-corrected chi connectivity index (χ4v) is 6.48. The van der Waals surface area contributed by atoms with Crippen LogP contribution in [0, 0.1) is 0 Å². The van der Waals surface area contributed by atoms with E-state index in [2.05, 4.69) is 15.3 Å². The first kappa shape index (κ1) is 18.2. The number of carbonyl (C=O) groups excluding carboxylic acids is 1. The van der Waals surface area contributed by atoms with E-state index in [0.29, 0.717) is 24.5 Å². The third-order valence-corrected chi connectivity index (χ3v) is 8.29. The monoisotopic (exact) mass is 420 g/mol. The van der Waals surface area contributed by atoms with Gasteiger partial charge in [0.2, 0.25) is 5.91 Å². The van der Waals surface area contributed by atoms with Gasteiger partial charge in [0.1, 0.15) is 10.3 Å². The Labute approximate surface area is 164 Å². The van der Waals surface area contributed by atoms with Gasteiger partial charge in [-0.25, -0.2) is 13.4 Å². The van der Waals surface area contributed by atoms with E-state index in [0.717, 1.165) is 22.6 Å². The number of aromatic nitrogens is 2. The summed E-state index contributed by atoms with van der Waals surface area (Å²) < 4.78 is 27.1. The Morgan fingerprint density at radius 1 is 1.26 bits per heavy atom. The van der Waals surface area contributed by atoms with Gasteiger partial charge in [-0.15, -0.1) is 22.7 Å². The first-order valence-corrected chi connectivity index (χ1v) is 11.5. The number of thiophene rings is 1. The summed E-state index contributed by atoms with van der Waals surface area (Å²) in [5.74, 6) is -0.347. The van der Waals surface area contributed by atoms with Gasteiger partial charge in [0.05, 0.1) is 5.69 Å². The molecule has 1 amide bonds. The molecule has 1 aliphatic heterocycles. The van der Waals surface area contributed by atoms with Gasteiger partial charge in [-0.2, -0.15) is 4.31 Å². The fourth-order valence-electron chi connectivity index (χ4n) is 2.98. The third-order valence-electron chi connectivity index (χ3n) is 4.26. The molecule has 1 fully saturated rings. The molecule has 1 atom stereocenters. The number of anilines is 1. The highest BCUT2D eigenvalue weighted by Gasteiger charge is 2.40. The Morgan fingerprint density at radius 3 is 2.89 bits per heavy atom. The Bertz CT molecular complexity index is 1030. The van der Waals surface area contributed by atoms with E-state index in [1.807, 2.05) is 17.5 Å². The summed E-state index contributed by atoms with van der Waals surface area (Å²) in [7, 11) is -3.65. The summed E-state index contributed by atoms with van der Waals surface area (Å²) in [5.41, 5.74) is 1.58. The standard InChI is InChI=1S/C17H16N4O3S3/c22-16(20-17-19-13(11-26-17)12-4-1-7-18-10-12)14-5-2-8-21(14)27(23,24)15-6-3-9-25-15/h1,3-4,6-7,9-11,14H,2,5,8H2,(H,19,20,22)/t14-/m0/s1. The molecule has 3 aromatic rings. The number of amides is 1. The number of carbonyl (C=O) groups is 1. The molecule has 140 valence electrons. The van der Waals surface area contributed by atoms with Crippen LogP contribution < -0.4 is 5.32 Å². The van der Waals surface area contributed by atoms with Crippen molar-refractivity contribution in [2.24, 2.45) is 0 Å². The zero-order chi connectivity index (χ0) is 18.9. The van der Waals surface area contributed by atoms with Gasteiger partial charge in [0.25, 0.3) is 10.0 Å². The molecule has 1 saturated heterocycles. The molecule has 0 unspecified atom stereocenters. The highest BCUT2D eigenvalue weighted by molar-refractivity contribution is 7.91. The SMILES string of the molecule is O=C(Nc1nc(-c2cccnc2)cs1)[C@@H]1CCCN1S(=O)(=O)c1cccs1. The van der Waals surface area contributed by atoms with Crippen molar-refractivity contribution in [1.82, 2.24) is 14.3 Å². The summed E-state index contributed by atoms with van der Waals surface area (Å²) >= 11 is 2.46. The molecule has 1 N–H and O–H groups in total. The molecule has 0 aromatic carbocycles. The summed E-state index contributed by atoms with van der Waals surface area (Å²) in [6.45, 7) is 0.344. The molecular weight excluding hydrogens is 404 g/mol. The van der Waals surface area contributed by atoms with Crippen LogP contribution in [0.3, 0.4) is 0 Å². The molecule has 4 rings (SSSR count). The topological polar surface area (TPSA) is 92.3 Å². The smallest absolute Gasteiger partial charge is 0.253 e. The second-order valence-electron chi connectivity index (χ2n) is 5.97. The molecule has 0 radical (unpaired) electrons. The molecular formula is C17H16N4O3S3. The summed E-state index contributed by atoms with van der Waals surface area (Å²) in [6, 6.07) is 6.24. The number of hydrogen-bond acceptors (Lipinski definition) is 7. The van der Waals surface area contributed by atoms with Crippen molar-refractivity contribution < 1.29 is 13.2 Å². The maximum absolute atomic E-state index is 12.8. The molecule has 0 spiro atoms. The van der Waals surface area contributed by atoms with E-state index < -0.39 is 16.1 Å². The molecule has 0 saturated carbocycles. The zero-order valence-electron chi connectivity index (χ0n) is 14.1. The lowest BCUT2D eigenvalue weighted by atomic mass is 10.2.